The molecular formula is C15H28CuN6S2. The summed E-state index contributed by atoms with van der Waals surface area (Å²) in [7, 11) is 0. The van der Waals surface area contributed by atoms with Gasteiger partial charge in [-0.25, -0.2) is 0 Å². The SMILES string of the molecule is CCC(=N\NC([S-])=NC(C)(C)C)/C(C)=N/NC([S-])=NC(C)(C)C.[Cu+2]. The van der Waals surface area contributed by atoms with Gasteiger partial charge < -0.3 is 25.3 Å². The molecular weight excluding hydrogens is 392 g/mol. The number of aliphatic imine (C=N–C) groups is 2. The quantitative estimate of drug-likeness (QED) is 0.241. The Kier molecular flexibility index (Phi) is 11.6. The van der Waals surface area contributed by atoms with Crippen LogP contribution in [0.3, 0.4) is 0 Å². The smallest absolute Gasteiger partial charge is 0.741 e. The van der Waals surface area contributed by atoms with Crippen molar-refractivity contribution in [1.82, 2.24) is 10.9 Å². The van der Waals surface area contributed by atoms with Crippen LogP contribution >= 0.6 is 0 Å². The Labute approximate surface area is 167 Å². The third-order valence-corrected chi connectivity index (χ3v) is 2.60. The molecule has 24 heavy (non-hydrogen) atoms. The summed E-state index contributed by atoms with van der Waals surface area (Å²) < 4.78 is 0. The molecule has 0 bridgehead atoms. The summed E-state index contributed by atoms with van der Waals surface area (Å²) in [5.41, 5.74) is 6.55. The summed E-state index contributed by atoms with van der Waals surface area (Å²) >= 11 is 10.3. The molecule has 141 valence electrons. The van der Waals surface area contributed by atoms with Gasteiger partial charge in [-0.2, -0.15) is 10.2 Å². The maximum absolute atomic E-state index is 5.14. The van der Waals surface area contributed by atoms with Crippen LogP contribution in [-0.4, -0.2) is 32.8 Å². The van der Waals surface area contributed by atoms with Gasteiger partial charge in [0.2, 0.25) is 0 Å². The van der Waals surface area contributed by atoms with Gasteiger partial charge in [0.15, 0.2) is 0 Å². The Morgan fingerprint density at radius 3 is 1.54 bits per heavy atom. The van der Waals surface area contributed by atoms with E-state index in [9.17, 15) is 0 Å². The van der Waals surface area contributed by atoms with Crippen molar-refractivity contribution in [1.29, 1.82) is 0 Å². The van der Waals surface area contributed by atoms with Crippen LogP contribution in [0.5, 0.6) is 0 Å². The van der Waals surface area contributed by atoms with Crippen LogP contribution in [0.4, 0.5) is 0 Å². The number of hydrogen-bond acceptors (Lipinski definition) is 6. The van der Waals surface area contributed by atoms with Crippen molar-refractivity contribution in [3.63, 3.8) is 0 Å². The van der Waals surface area contributed by atoms with Crippen LogP contribution in [0.2, 0.25) is 0 Å². The van der Waals surface area contributed by atoms with Crippen molar-refractivity contribution in [3.05, 3.63) is 0 Å². The Morgan fingerprint density at radius 1 is 0.833 bits per heavy atom. The van der Waals surface area contributed by atoms with Gasteiger partial charge in [-0.05, 0) is 65.2 Å². The fourth-order valence-electron chi connectivity index (χ4n) is 1.39. The van der Waals surface area contributed by atoms with E-state index in [4.69, 9.17) is 25.3 Å². The van der Waals surface area contributed by atoms with E-state index in [1.807, 2.05) is 55.4 Å². The van der Waals surface area contributed by atoms with E-state index >= 15 is 0 Å². The number of amidine groups is 2. The molecule has 0 saturated carbocycles. The van der Waals surface area contributed by atoms with Gasteiger partial charge in [0.25, 0.3) is 0 Å². The second kappa shape index (κ2) is 11.0. The standard InChI is InChI=1S/C15H30N6S2.Cu/c1-9-11(19-21-13(23)17-15(6,7)8)10(2)18-20-12(22)16-14(3,4)5;/h9H2,1-8H3,(H2,16,20,22)(H2,17,21,23);/q;+2/p-2/b18-10+,19-11+;. The largest absolute Gasteiger partial charge is 2.00 e. The average Bonchev–Trinajstić information content (AvgIpc) is 2.32. The summed E-state index contributed by atoms with van der Waals surface area (Å²) in [5.74, 6) is 0. The first-order valence-electron chi connectivity index (χ1n) is 7.51. The fourth-order valence-corrected chi connectivity index (χ4v) is 2.03. The third-order valence-electron chi connectivity index (χ3n) is 2.23. The van der Waals surface area contributed by atoms with Crippen molar-refractivity contribution in [3.8, 4) is 0 Å². The van der Waals surface area contributed by atoms with E-state index in [0.717, 1.165) is 5.71 Å². The van der Waals surface area contributed by atoms with Crippen LogP contribution in [0.15, 0.2) is 20.2 Å². The number of hydrogen-bond donors (Lipinski definition) is 2. The molecule has 0 amide bonds. The van der Waals surface area contributed by atoms with Crippen molar-refractivity contribution < 1.29 is 17.1 Å². The van der Waals surface area contributed by atoms with Gasteiger partial charge in [0.05, 0.1) is 22.5 Å². The van der Waals surface area contributed by atoms with Crippen LogP contribution in [0.1, 0.15) is 61.8 Å². The Hall–Kier alpha value is -0.761. The molecule has 0 atom stereocenters. The van der Waals surface area contributed by atoms with Crippen LogP contribution in [0, 0.1) is 0 Å². The molecule has 0 fully saturated rings. The van der Waals surface area contributed by atoms with E-state index in [1.54, 1.807) is 0 Å². The van der Waals surface area contributed by atoms with Gasteiger partial charge in [0.1, 0.15) is 0 Å². The van der Waals surface area contributed by atoms with Gasteiger partial charge in [-0.1, -0.05) is 6.92 Å². The molecule has 0 aliphatic rings. The van der Waals surface area contributed by atoms with Crippen LogP contribution in [-0.2, 0) is 42.3 Å². The molecule has 9 heteroatoms. The molecule has 0 heterocycles. The summed E-state index contributed by atoms with van der Waals surface area (Å²) in [4.78, 5) is 8.61. The first kappa shape index (κ1) is 25.5. The Balaban J connectivity index is 0. The zero-order valence-electron chi connectivity index (χ0n) is 15.6. The number of nitrogens with one attached hydrogen (secondary N) is 2. The molecule has 0 unspecified atom stereocenters. The van der Waals surface area contributed by atoms with Crippen molar-refractivity contribution in [2.24, 2.45) is 20.2 Å². The molecule has 6 nitrogen and oxygen atoms in total. The molecule has 0 spiro atoms. The third kappa shape index (κ3) is 13.7. The molecule has 0 aliphatic heterocycles. The van der Waals surface area contributed by atoms with E-state index in [-0.39, 0.29) is 28.1 Å². The van der Waals surface area contributed by atoms with Gasteiger partial charge in [-0.3, -0.25) is 20.8 Å². The summed E-state index contributed by atoms with van der Waals surface area (Å²) in [6.45, 7) is 15.7. The summed E-state index contributed by atoms with van der Waals surface area (Å²) in [5, 5.41) is 9.18. The summed E-state index contributed by atoms with van der Waals surface area (Å²) in [6.07, 6.45) is 0.700. The monoisotopic (exact) mass is 419 g/mol. The predicted octanol–water partition coefficient (Wildman–Crippen LogP) is 2.71. The Bertz CT molecular complexity index is 513. The first-order valence-corrected chi connectivity index (χ1v) is 8.32. The number of rotatable bonds is 4. The van der Waals surface area contributed by atoms with Crippen LogP contribution < -0.4 is 10.9 Å². The van der Waals surface area contributed by atoms with Crippen molar-refractivity contribution in [2.75, 3.05) is 0 Å². The molecule has 0 aromatic heterocycles. The molecule has 0 aliphatic carbocycles. The molecule has 0 saturated heterocycles. The minimum Gasteiger partial charge on any atom is -0.741 e. The first-order chi connectivity index (χ1) is 10.3. The number of hydrazone groups is 2. The van der Waals surface area contributed by atoms with Gasteiger partial charge >= 0.3 is 17.1 Å². The average molecular weight is 420 g/mol. The maximum atomic E-state index is 5.14. The second-order valence-corrected chi connectivity index (χ2v) is 7.78. The minimum atomic E-state index is -0.239. The molecule has 2 N–H and O–H groups in total. The predicted molar refractivity (Wildman–Crippen MR) is 106 cm³/mol. The molecule has 1 radical (unpaired) electrons. The van der Waals surface area contributed by atoms with E-state index in [2.05, 4.69) is 31.0 Å². The second-order valence-electron chi connectivity index (χ2n) is 7.01. The summed E-state index contributed by atoms with van der Waals surface area (Å²) in [6, 6.07) is 0. The van der Waals surface area contributed by atoms with E-state index in [1.165, 1.54) is 0 Å². The van der Waals surface area contributed by atoms with E-state index < -0.39 is 0 Å². The van der Waals surface area contributed by atoms with Crippen LogP contribution in [0.25, 0.3) is 0 Å². The maximum Gasteiger partial charge on any atom is 2.00 e. The zero-order valence-corrected chi connectivity index (χ0v) is 18.2. The topological polar surface area (TPSA) is 73.5 Å². The molecule has 0 aromatic carbocycles. The normalized spacial score (nSPS) is 15.0. The fraction of sp³-hybridized carbons (Fsp3) is 0.733. The van der Waals surface area contributed by atoms with Crippen molar-refractivity contribution >= 4 is 47.0 Å². The molecule has 0 rings (SSSR count). The zero-order chi connectivity index (χ0) is 18.3. The Morgan fingerprint density at radius 2 is 1.21 bits per heavy atom. The molecule has 0 aromatic rings. The van der Waals surface area contributed by atoms with Crippen molar-refractivity contribution in [2.45, 2.75) is 72.9 Å². The van der Waals surface area contributed by atoms with Gasteiger partial charge in [-0.15, -0.1) is 0 Å². The van der Waals surface area contributed by atoms with E-state index in [0.29, 0.717) is 22.5 Å². The van der Waals surface area contributed by atoms with Gasteiger partial charge in [0, 0.05) is 0 Å². The minimum absolute atomic E-state index is 0. The number of nitrogens with zero attached hydrogens (tertiary/aromatic N) is 4.